The number of alkyl halides is 1. The van der Waals surface area contributed by atoms with Gasteiger partial charge in [-0.3, -0.25) is 14.8 Å². The molecule has 0 aliphatic rings. The zero-order valence-corrected chi connectivity index (χ0v) is 14.5. The third-order valence-electron chi connectivity index (χ3n) is 2.86. The molecule has 126 valence electrons. The molecule has 0 aliphatic carbocycles. The van der Waals surface area contributed by atoms with Crippen LogP contribution < -0.4 is 5.32 Å². The maximum absolute atomic E-state index is 11.7. The molecule has 0 fully saturated rings. The highest BCUT2D eigenvalue weighted by Gasteiger charge is 2.07. The lowest BCUT2D eigenvalue weighted by atomic mass is 10.2. The topological polar surface area (TPSA) is 69.6 Å². The van der Waals surface area contributed by atoms with Crippen molar-refractivity contribution in [1.82, 2.24) is 10.4 Å². The molecule has 2 amide bonds. The molecule has 0 saturated heterocycles. The van der Waals surface area contributed by atoms with Gasteiger partial charge in [0.2, 0.25) is 5.91 Å². The van der Waals surface area contributed by atoms with E-state index >= 15 is 0 Å². The summed E-state index contributed by atoms with van der Waals surface area (Å²) < 4.78 is 0. The van der Waals surface area contributed by atoms with E-state index in [2.05, 4.69) is 5.32 Å². The third kappa shape index (κ3) is 7.70. The Balaban J connectivity index is 2.36. The number of carbonyl (C=O) groups excluding carboxylic acids is 2. The molecule has 0 atom stereocenters. The van der Waals surface area contributed by atoms with E-state index in [1.807, 2.05) is 0 Å². The number of unbranched alkanes of at least 4 members (excludes halogenated alkanes) is 1. The summed E-state index contributed by atoms with van der Waals surface area (Å²) in [6, 6.07) is 4.90. The van der Waals surface area contributed by atoms with E-state index in [1.165, 1.54) is 12.2 Å². The van der Waals surface area contributed by atoms with Crippen LogP contribution in [0.15, 0.2) is 24.3 Å². The second-order valence-electron chi connectivity index (χ2n) is 4.65. The Morgan fingerprint density at radius 2 is 2.00 bits per heavy atom. The number of nitrogens with one attached hydrogen (secondary N) is 1. The molecule has 5 nitrogen and oxygen atoms in total. The second-order valence-corrected chi connectivity index (χ2v) is 5.76. The van der Waals surface area contributed by atoms with Crippen molar-refractivity contribution in [2.75, 3.05) is 19.0 Å². The van der Waals surface area contributed by atoms with Crippen LogP contribution in [0.4, 0.5) is 0 Å². The van der Waals surface area contributed by atoms with Gasteiger partial charge in [-0.25, -0.2) is 5.06 Å². The summed E-state index contributed by atoms with van der Waals surface area (Å²) in [7, 11) is 0. The summed E-state index contributed by atoms with van der Waals surface area (Å²) in [5.74, 6) is -0.880. The van der Waals surface area contributed by atoms with Gasteiger partial charge >= 0.3 is 0 Å². The van der Waals surface area contributed by atoms with Crippen LogP contribution in [-0.2, 0) is 9.59 Å². The summed E-state index contributed by atoms with van der Waals surface area (Å²) >= 11 is 17.1. The average Bonchev–Trinajstić information content (AvgIpc) is 2.52. The third-order valence-corrected chi connectivity index (χ3v) is 3.67. The van der Waals surface area contributed by atoms with Crippen LogP contribution in [0.1, 0.15) is 18.4 Å². The standard InChI is InChI=1S/C15H17Cl3N2O3/c16-10-14(21)19-7-1-2-8-20(23)15(22)6-4-11-3-5-12(17)9-13(11)18/h3-6,9,23H,1-2,7-8,10H2,(H,19,21)/b6-4+. The van der Waals surface area contributed by atoms with Gasteiger partial charge in [-0.05, 0) is 36.6 Å². The molecule has 2 N–H and O–H groups in total. The molecule has 8 heteroatoms. The molecule has 0 saturated carbocycles. The van der Waals surface area contributed by atoms with Crippen LogP contribution >= 0.6 is 34.8 Å². The van der Waals surface area contributed by atoms with E-state index in [-0.39, 0.29) is 18.3 Å². The number of carbonyl (C=O) groups is 2. The van der Waals surface area contributed by atoms with Crippen molar-refractivity contribution in [1.29, 1.82) is 0 Å². The van der Waals surface area contributed by atoms with Crippen molar-refractivity contribution >= 4 is 52.7 Å². The zero-order chi connectivity index (χ0) is 17.2. The Labute approximate surface area is 149 Å². The fourth-order valence-electron chi connectivity index (χ4n) is 1.66. The number of halogens is 3. The van der Waals surface area contributed by atoms with Gasteiger partial charge in [-0.2, -0.15) is 0 Å². The normalized spacial score (nSPS) is 10.8. The van der Waals surface area contributed by atoms with Crippen LogP contribution in [0.2, 0.25) is 10.0 Å². The Hall–Kier alpha value is -1.27. The van der Waals surface area contributed by atoms with Crippen molar-refractivity contribution in [2.24, 2.45) is 0 Å². The monoisotopic (exact) mass is 378 g/mol. The van der Waals surface area contributed by atoms with E-state index in [9.17, 15) is 14.8 Å². The maximum Gasteiger partial charge on any atom is 0.269 e. The van der Waals surface area contributed by atoms with Crippen molar-refractivity contribution in [2.45, 2.75) is 12.8 Å². The van der Waals surface area contributed by atoms with Crippen LogP contribution in [0.25, 0.3) is 6.08 Å². The van der Waals surface area contributed by atoms with E-state index in [1.54, 1.807) is 18.2 Å². The molecule has 1 aromatic carbocycles. The molecular weight excluding hydrogens is 363 g/mol. The van der Waals surface area contributed by atoms with Crippen LogP contribution in [0.5, 0.6) is 0 Å². The first-order chi connectivity index (χ1) is 10.9. The number of hydrogen-bond donors (Lipinski definition) is 2. The molecule has 23 heavy (non-hydrogen) atoms. The summed E-state index contributed by atoms with van der Waals surface area (Å²) in [6.07, 6.45) is 3.90. The maximum atomic E-state index is 11.7. The molecule has 0 heterocycles. The minimum absolute atomic E-state index is 0.0807. The van der Waals surface area contributed by atoms with Gasteiger partial charge in [0, 0.05) is 29.2 Å². The minimum Gasteiger partial charge on any atom is -0.355 e. The smallest absolute Gasteiger partial charge is 0.269 e. The average molecular weight is 380 g/mol. The molecule has 0 spiro atoms. The summed E-state index contributed by atoms with van der Waals surface area (Å²) in [4.78, 5) is 22.6. The Kier molecular flexibility index (Phi) is 9.02. The van der Waals surface area contributed by atoms with Gasteiger partial charge in [-0.15, -0.1) is 11.6 Å². The van der Waals surface area contributed by atoms with Crippen LogP contribution in [0, 0.1) is 0 Å². The minimum atomic E-state index is -0.555. The molecule has 1 aromatic rings. The van der Waals surface area contributed by atoms with E-state index in [0.29, 0.717) is 40.1 Å². The molecule has 0 unspecified atom stereocenters. The van der Waals surface area contributed by atoms with Gasteiger partial charge in [0.25, 0.3) is 5.91 Å². The quantitative estimate of drug-likeness (QED) is 0.239. The first-order valence-corrected chi connectivity index (χ1v) is 8.19. The van der Waals surface area contributed by atoms with Crippen molar-refractivity contribution in [3.63, 3.8) is 0 Å². The SMILES string of the molecule is O=C(CCl)NCCCCN(O)C(=O)/C=C/c1ccc(Cl)cc1Cl. The number of amides is 2. The number of rotatable bonds is 8. The fraction of sp³-hybridized carbons (Fsp3) is 0.333. The number of hydroxylamine groups is 2. The lowest BCUT2D eigenvalue weighted by Crippen LogP contribution is -2.28. The van der Waals surface area contributed by atoms with Gasteiger partial charge in [0.15, 0.2) is 0 Å². The predicted octanol–water partition coefficient (Wildman–Crippen LogP) is 3.36. The molecule has 1 rings (SSSR count). The lowest BCUT2D eigenvalue weighted by Gasteiger charge is -2.12. The number of hydrogen-bond acceptors (Lipinski definition) is 3. The van der Waals surface area contributed by atoms with Crippen molar-refractivity contribution in [3.8, 4) is 0 Å². The van der Waals surface area contributed by atoms with Gasteiger partial charge in [-0.1, -0.05) is 29.3 Å². The van der Waals surface area contributed by atoms with E-state index in [0.717, 1.165) is 0 Å². The zero-order valence-electron chi connectivity index (χ0n) is 12.3. The molecule has 0 bridgehead atoms. The Bertz CT molecular complexity index is 579. The molecular formula is C15H17Cl3N2O3. The largest absolute Gasteiger partial charge is 0.355 e. The Morgan fingerprint density at radius 3 is 2.65 bits per heavy atom. The van der Waals surface area contributed by atoms with Crippen LogP contribution in [-0.4, -0.2) is 41.1 Å². The van der Waals surface area contributed by atoms with Gasteiger partial charge < -0.3 is 5.32 Å². The van der Waals surface area contributed by atoms with Crippen LogP contribution in [0.3, 0.4) is 0 Å². The van der Waals surface area contributed by atoms with E-state index < -0.39 is 5.91 Å². The predicted molar refractivity (Wildman–Crippen MR) is 92.0 cm³/mol. The van der Waals surface area contributed by atoms with Crippen molar-refractivity contribution < 1.29 is 14.8 Å². The summed E-state index contributed by atoms with van der Waals surface area (Å²) in [6.45, 7) is 0.609. The van der Waals surface area contributed by atoms with Gasteiger partial charge in [0.1, 0.15) is 5.88 Å². The highest BCUT2D eigenvalue weighted by atomic mass is 35.5. The fourth-order valence-corrected chi connectivity index (χ4v) is 2.22. The summed E-state index contributed by atoms with van der Waals surface area (Å²) in [5.41, 5.74) is 0.626. The molecule has 0 aromatic heterocycles. The van der Waals surface area contributed by atoms with E-state index in [4.69, 9.17) is 34.8 Å². The first kappa shape index (κ1) is 19.8. The number of nitrogens with zero attached hydrogens (tertiary/aromatic N) is 1. The second kappa shape index (κ2) is 10.5. The van der Waals surface area contributed by atoms with Crippen molar-refractivity contribution in [3.05, 3.63) is 39.9 Å². The Morgan fingerprint density at radius 1 is 1.26 bits per heavy atom. The molecule has 0 radical (unpaired) electrons. The highest BCUT2D eigenvalue weighted by molar-refractivity contribution is 6.35. The lowest BCUT2D eigenvalue weighted by molar-refractivity contribution is -0.159. The summed E-state index contributed by atoms with van der Waals surface area (Å²) in [5, 5.41) is 13.8. The first-order valence-electron chi connectivity index (χ1n) is 6.90. The molecule has 0 aliphatic heterocycles. The van der Waals surface area contributed by atoms with Gasteiger partial charge in [0.05, 0.1) is 0 Å². The highest BCUT2D eigenvalue weighted by Crippen LogP contribution is 2.21. The number of benzene rings is 1.